The fourth-order valence-electron chi connectivity index (χ4n) is 2.96. The van der Waals surface area contributed by atoms with Crippen LogP contribution in [0.2, 0.25) is 0 Å². The van der Waals surface area contributed by atoms with E-state index in [1.165, 1.54) is 32.2 Å². The number of rotatable bonds is 9. The second-order valence-electron chi connectivity index (χ2n) is 6.80. The lowest BCUT2D eigenvalue weighted by Gasteiger charge is -2.34. The van der Waals surface area contributed by atoms with Crippen LogP contribution in [-0.2, 0) is 0 Å². The van der Waals surface area contributed by atoms with Crippen LogP contribution >= 0.6 is 0 Å². The first-order valence-corrected chi connectivity index (χ1v) is 8.00. The summed E-state index contributed by atoms with van der Waals surface area (Å²) >= 11 is 0. The van der Waals surface area contributed by atoms with Crippen LogP contribution in [0.25, 0.3) is 0 Å². The quantitative estimate of drug-likeness (QED) is 0.695. The molecule has 2 saturated carbocycles. The molecule has 0 saturated heterocycles. The third-order valence-corrected chi connectivity index (χ3v) is 4.46. The van der Waals surface area contributed by atoms with Gasteiger partial charge in [-0.05, 0) is 64.8 Å². The molecule has 2 fully saturated rings. The molecule has 2 rings (SSSR count). The monoisotopic (exact) mass is 263 g/mol. The van der Waals surface area contributed by atoms with Gasteiger partial charge in [0.2, 0.25) is 0 Å². The number of hydrogen-bond acceptors (Lipinski definition) is 3. The Morgan fingerprint density at radius 2 is 2.05 bits per heavy atom. The standard InChI is InChI=1S/C16H29N3/c1-4-9-18-16(3,12-17)10-13(2)19(15-7-8-15)11-14-5-6-14/h13-15,18H,4-11H2,1-3H3. The van der Waals surface area contributed by atoms with Crippen LogP contribution in [0.5, 0.6) is 0 Å². The maximum Gasteiger partial charge on any atom is 0.105 e. The average Bonchev–Trinajstić information content (AvgIpc) is 3.26. The summed E-state index contributed by atoms with van der Waals surface area (Å²) in [7, 11) is 0. The zero-order chi connectivity index (χ0) is 13.9. The summed E-state index contributed by atoms with van der Waals surface area (Å²) in [6.45, 7) is 8.72. The molecule has 0 bridgehead atoms. The second-order valence-corrected chi connectivity index (χ2v) is 6.80. The van der Waals surface area contributed by atoms with Crippen molar-refractivity contribution in [2.24, 2.45) is 5.92 Å². The van der Waals surface area contributed by atoms with E-state index in [0.29, 0.717) is 6.04 Å². The van der Waals surface area contributed by atoms with Crippen LogP contribution in [0.1, 0.15) is 59.3 Å². The minimum atomic E-state index is -0.369. The number of nitriles is 1. The molecule has 0 spiro atoms. The Balaban J connectivity index is 1.88. The third-order valence-electron chi connectivity index (χ3n) is 4.46. The highest BCUT2D eigenvalue weighted by Gasteiger charge is 2.38. The fraction of sp³-hybridized carbons (Fsp3) is 0.938. The van der Waals surface area contributed by atoms with Crippen molar-refractivity contribution in [2.45, 2.75) is 76.9 Å². The lowest BCUT2D eigenvalue weighted by atomic mass is 9.94. The van der Waals surface area contributed by atoms with Gasteiger partial charge < -0.3 is 0 Å². The Morgan fingerprint density at radius 3 is 2.53 bits per heavy atom. The van der Waals surface area contributed by atoms with E-state index in [1.54, 1.807) is 0 Å². The topological polar surface area (TPSA) is 39.1 Å². The molecular formula is C16H29N3. The molecule has 2 atom stereocenters. The van der Waals surface area contributed by atoms with E-state index in [-0.39, 0.29) is 5.54 Å². The summed E-state index contributed by atoms with van der Waals surface area (Å²) in [5, 5.41) is 12.9. The molecule has 3 nitrogen and oxygen atoms in total. The van der Waals surface area contributed by atoms with Gasteiger partial charge in [-0.3, -0.25) is 10.2 Å². The molecule has 2 unspecified atom stereocenters. The van der Waals surface area contributed by atoms with E-state index in [4.69, 9.17) is 0 Å². The molecule has 0 heterocycles. The summed E-state index contributed by atoms with van der Waals surface area (Å²) in [5.74, 6) is 0.944. The van der Waals surface area contributed by atoms with Gasteiger partial charge in [-0.2, -0.15) is 5.26 Å². The van der Waals surface area contributed by atoms with Crippen molar-refractivity contribution in [2.75, 3.05) is 13.1 Å². The minimum Gasteiger partial charge on any atom is -0.300 e. The van der Waals surface area contributed by atoms with Crippen LogP contribution < -0.4 is 5.32 Å². The molecule has 0 amide bonds. The first-order valence-electron chi connectivity index (χ1n) is 8.00. The first kappa shape index (κ1) is 14.8. The zero-order valence-corrected chi connectivity index (χ0v) is 12.8. The molecular weight excluding hydrogens is 234 g/mol. The Labute approximate surface area is 118 Å². The summed E-state index contributed by atoms with van der Waals surface area (Å²) in [6.07, 6.45) is 7.58. The first-order chi connectivity index (χ1) is 9.08. The Morgan fingerprint density at radius 1 is 1.37 bits per heavy atom. The van der Waals surface area contributed by atoms with Crippen LogP contribution in [-0.4, -0.2) is 35.6 Å². The van der Waals surface area contributed by atoms with Gasteiger partial charge in [-0.25, -0.2) is 0 Å². The van der Waals surface area contributed by atoms with Gasteiger partial charge in [0.05, 0.1) is 6.07 Å². The van der Waals surface area contributed by atoms with Crippen molar-refractivity contribution in [3.63, 3.8) is 0 Å². The van der Waals surface area contributed by atoms with Crippen molar-refractivity contribution in [1.82, 2.24) is 10.2 Å². The zero-order valence-electron chi connectivity index (χ0n) is 12.8. The fourth-order valence-corrected chi connectivity index (χ4v) is 2.96. The molecule has 19 heavy (non-hydrogen) atoms. The summed E-state index contributed by atoms with van der Waals surface area (Å²) < 4.78 is 0. The maximum absolute atomic E-state index is 9.46. The Hall–Kier alpha value is -0.590. The highest BCUT2D eigenvalue weighted by atomic mass is 15.2. The van der Waals surface area contributed by atoms with E-state index in [2.05, 4.69) is 37.1 Å². The summed E-state index contributed by atoms with van der Waals surface area (Å²) in [6, 6.07) is 3.82. The number of nitrogens with zero attached hydrogens (tertiary/aromatic N) is 2. The molecule has 3 heteroatoms. The lowest BCUT2D eigenvalue weighted by Crippen LogP contribution is -2.48. The van der Waals surface area contributed by atoms with Crippen LogP contribution in [0.3, 0.4) is 0 Å². The van der Waals surface area contributed by atoms with Gasteiger partial charge >= 0.3 is 0 Å². The van der Waals surface area contributed by atoms with Crippen molar-refractivity contribution in [3.8, 4) is 6.07 Å². The smallest absolute Gasteiger partial charge is 0.105 e. The minimum absolute atomic E-state index is 0.369. The van der Waals surface area contributed by atoms with E-state index in [0.717, 1.165) is 31.3 Å². The normalized spacial score (nSPS) is 23.9. The van der Waals surface area contributed by atoms with Crippen LogP contribution in [0.15, 0.2) is 0 Å². The van der Waals surface area contributed by atoms with Gasteiger partial charge in [0.1, 0.15) is 5.54 Å². The predicted molar refractivity (Wildman–Crippen MR) is 78.8 cm³/mol. The SMILES string of the molecule is CCCNC(C)(C#N)CC(C)N(CC1CC1)C1CC1. The predicted octanol–water partition coefficient (Wildman–Crippen LogP) is 2.92. The van der Waals surface area contributed by atoms with Crippen molar-refractivity contribution in [3.05, 3.63) is 0 Å². The van der Waals surface area contributed by atoms with Crippen molar-refractivity contribution < 1.29 is 0 Å². The number of nitrogens with one attached hydrogen (secondary N) is 1. The second kappa shape index (κ2) is 6.24. The molecule has 2 aliphatic carbocycles. The third kappa shape index (κ3) is 4.47. The van der Waals surface area contributed by atoms with Crippen LogP contribution in [0.4, 0.5) is 0 Å². The van der Waals surface area contributed by atoms with Gasteiger partial charge in [-0.15, -0.1) is 0 Å². The molecule has 0 aromatic carbocycles. The van der Waals surface area contributed by atoms with Gasteiger partial charge in [-0.1, -0.05) is 6.92 Å². The largest absolute Gasteiger partial charge is 0.300 e. The van der Waals surface area contributed by atoms with Crippen LogP contribution in [0, 0.1) is 17.2 Å². The Kier molecular flexibility index (Phi) is 4.86. The maximum atomic E-state index is 9.46. The van der Waals surface area contributed by atoms with Crippen molar-refractivity contribution >= 4 is 0 Å². The molecule has 0 radical (unpaired) electrons. The highest BCUT2D eigenvalue weighted by molar-refractivity contribution is 5.06. The molecule has 0 aliphatic heterocycles. The Bertz CT molecular complexity index is 327. The summed E-state index contributed by atoms with van der Waals surface area (Å²) in [4.78, 5) is 2.68. The highest BCUT2D eigenvalue weighted by Crippen LogP contribution is 2.37. The molecule has 2 aliphatic rings. The average molecular weight is 263 g/mol. The molecule has 108 valence electrons. The van der Waals surface area contributed by atoms with Gasteiger partial charge in [0, 0.05) is 18.6 Å². The molecule has 0 aromatic heterocycles. The van der Waals surface area contributed by atoms with E-state index in [9.17, 15) is 5.26 Å². The van der Waals surface area contributed by atoms with Gasteiger partial charge in [0.15, 0.2) is 0 Å². The van der Waals surface area contributed by atoms with E-state index in [1.807, 2.05) is 0 Å². The van der Waals surface area contributed by atoms with E-state index < -0.39 is 0 Å². The van der Waals surface area contributed by atoms with Gasteiger partial charge in [0.25, 0.3) is 0 Å². The summed E-state index contributed by atoms with van der Waals surface area (Å²) in [5.41, 5.74) is -0.369. The van der Waals surface area contributed by atoms with E-state index >= 15 is 0 Å². The number of hydrogen-bond donors (Lipinski definition) is 1. The van der Waals surface area contributed by atoms with Crippen molar-refractivity contribution in [1.29, 1.82) is 5.26 Å². The molecule has 1 N–H and O–H groups in total. The lowest BCUT2D eigenvalue weighted by molar-refractivity contribution is 0.160. The molecule has 0 aromatic rings.